The highest BCUT2D eigenvalue weighted by Gasteiger charge is 2.11. The fraction of sp³-hybridized carbons (Fsp3) is 1.00. The number of hydrogen-bond donors (Lipinski definition) is 1. The molecule has 1 atom stereocenters. The lowest BCUT2D eigenvalue weighted by molar-refractivity contribution is 0.526. The summed E-state index contributed by atoms with van der Waals surface area (Å²) in [6.07, 6.45) is 3.74. The molecule has 0 aromatic carbocycles. The molecule has 3 heteroatoms. The predicted molar refractivity (Wildman–Crippen MR) is 44.4 cm³/mol. The van der Waals surface area contributed by atoms with Crippen LogP contribution in [0.15, 0.2) is 0 Å². The van der Waals surface area contributed by atoms with Crippen molar-refractivity contribution in [1.82, 2.24) is 0 Å². The van der Waals surface area contributed by atoms with E-state index in [-0.39, 0.29) is 5.25 Å². The standard InChI is InChI=1S/C7H16O2S/c1-3-5-7(6-4-2)10(8)9/h7H,3-6H2,1-2H3,(H,8,9). The lowest BCUT2D eigenvalue weighted by Crippen LogP contribution is -2.13. The topological polar surface area (TPSA) is 37.3 Å². The zero-order valence-corrected chi connectivity index (χ0v) is 7.49. The van der Waals surface area contributed by atoms with Crippen molar-refractivity contribution in [3.8, 4) is 0 Å². The minimum atomic E-state index is -1.60. The third kappa shape index (κ3) is 4.01. The molecule has 0 spiro atoms. The molecule has 0 radical (unpaired) electrons. The van der Waals surface area contributed by atoms with Crippen LogP contribution in [0.25, 0.3) is 0 Å². The molecule has 2 nitrogen and oxygen atoms in total. The van der Waals surface area contributed by atoms with Gasteiger partial charge in [-0.3, -0.25) is 0 Å². The van der Waals surface area contributed by atoms with Crippen LogP contribution in [0.5, 0.6) is 0 Å². The van der Waals surface area contributed by atoms with Crippen LogP contribution in [0.4, 0.5) is 0 Å². The molecule has 0 saturated carbocycles. The molecule has 0 aliphatic heterocycles. The van der Waals surface area contributed by atoms with Crippen LogP contribution in [0, 0.1) is 0 Å². The maximum Gasteiger partial charge on any atom is 0.155 e. The van der Waals surface area contributed by atoms with Crippen molar-refractivity contribution in [2.45, 2.75) is 44.8 Å². The second-order valence-electron chi connectivity index (χ2n) is 2.48. The van der Waals surface area contributed by atoms with Gasteiger partial charge in [-0.1, -0.05) is 26.7 Å². The van der Waals surface area contributed by atoms with Crippen LogP contribution in [0.1, 0.15) is 39.5 Å². The van der Waals surface area contributed by atoms with E-state index in [4.69, 9.17) is 4.55 Å². The van der Waals surface area contributed by atoms with Gasteiger partial charge in [0, 0.05) is 0 Å². The third-order valence-corrected chi connectivity index (χ3v) is 2.55. The monoisotopic (exact) mass is 164 g/mol. The third-order valence-electron chi connectivity index (χ3n) is 1.51. The van der Waals surface area contributed by atoms with Crippen LogP contribution in [-0.2, 0) is 11.1 Å². The van der Waals surface area contributed by atoms with E-state index in [0.717, 1.165) is 25.7 Å². The van der Waals surface area contributed by atoms with Gasteiger partial charge in [0.25, 0.3) is 0 Å². The van der Waals surface area contributed by atoms with Crippen LogP contribution in [0.2, 0.25) is 0 Å². The molecule has 0 amide bonds. The average molecular weight is 164 g/mol. The molecule has 0 aromatic rings. The first-order chi connectivity index (χ1) is 4.72. The molecule has 1 N–H and O–H groups in total. The van der Waals surface area contributed by atoms with Gasteiger partial charge in [-0.15, -0.1) is 0 Å². The maximum atomic E-state index is 10.6. The van der Waals surface area contributed by atoms with Crippen molar-refractivity contribution in [1.29, 1.82) is 0 Å². The van der Waals surface area contributed by atoms with E-state index in [0.29, 0.717) is 0 Å². The summed E-state index contributed by atoms with van der Waals surface area (Å²) in [5, 5.41) is 0.00926. The molecule has 0 heterocycles. The summed E-state index contributed by atoms with van der Waals surface area (Å²) in [7, 11) is 0. The van der Waals surface area contributed by atoms with E-state index >= 15 is 0 Å². The van der Waals surface area contributed by atoms with Crippen molar-refractivity contribution in [3.05, 3.63) is 0 Å². The molecule has 0 saturated heterocycles. The Morgan fingerprint density at radius 2 is 1.70 bits per heavy atom. The maximum absolute atomic E-state index is 10.6. The highest BCUT2D eigenvalue weighted by Crippen LogP contribution is 2.09. The van der Waals surface area contributed by atoms with Crippen LogP contribution in [-0.4, -0.2) is 14.0 Å². The average Bonchev–Trinajstić information content (AvgIpc) is 1.87. The molecule has 0 fully saturated rings. The number of rotatable bonds is 5. The van der Waals surface area contributed by atoms with Crippen molar-refractivity contribution >= 4 is 11.1 Å². The van der Waals surface area contributed by atoms with E-state index in [2.05, 4.69) is 0 Å². The zero-order valence-electron chi connectivity index (χ0n) is 6.67. The van der Waals surface area contributed by atoms with Crippen molar-refractivity contribution in [2.75, 3.05) is 0 Å². The Hall–Kier alpha value is 0.110. The smallest absolute Gasteiger partial charge is 0.155 e. The molecule has 62 valence electrons. The molecule has 10 heavy (non-hydrogen) atoms. The van der Waals surface area contributed by atoms with Gasteiger partial charge in [-0.25, -0.2) is 4.21 Å². The summed E-state index contributed by atoms with van der Waals surface area (Å²) in [6.45, 7) is 4.07. The summed E-state index contributed by atoms with van der Waals surface area (Å²) in [4.78, 5) is 0. The highest BCUT2D eigenvalue weighted by molar-refractivity contribution is 7.79. The van der Waals surface area contributed by atoms with E-state index in [1.807, 2.05) is 13.8 Å². The Morgan fingerprint density at radius 1 is 1.30 bits per heavy atom. The van der Waals surface area contributed by atoms with Crippen molar-refractivity contribution < 1.29 is 8.76 Å². The van der Waals surface area contributed by atoms with E-state index in [1.54, 1.807) is 0 Å². The van der Waals surface area contributed by atoms with Crippen LogP contribution < -0.4 is 0 Å². The summed E-state index contributed by atoms with van der Waals surface area (Å²) < 4.78 is 19.3. The Labute approximate surface area is 65.3 Å². The van der Waals surface area contributed by atoms with Crippen LogP contribution in [0.3, 0.4) is 0 Å². The lowest BCUT2D eigenvalue weighted by Gasteiger charge is -2.08. The number of hydrogen-bond acceptors (Lipinski definition) is 1. The molecule has 1 unspecified atom stereocenters. The largest absolute Gasteiger partial charge is 0.306 e. The van der Waals surface area contributed by atoms with Gasteiger partial charge in [-0.05, 0) is 12.8 Å². The second kappa shape index (κ2) is 5.86. The molecule has 0 rings (SSSR count). The van der Waals surface area contributed by atoms with Crippen LogP contribution >= 0.6 is 0 Å². The molecule has 0 bridgehead atoms. The Balaban J connectivity index is 3.61. The van der Waals surface area contributed by atoms with Gasteiger partial charge in [-0.2, -0.15) is 0 Å². The summed E-state index contributed by atoms with van der Waals surface area (Å²) in [5.74, 6) is 0. The second-order valence-corrected chi connectivity index (χ2v) is 3.69. The van der Waals surface area contributed by atoms with E-state index < -0.39 is 11.1 Å². The molecule has 0 aliphatic carbocycles. The normalized spacial score (nSPS) is 14.0. The zero-order chi connectivity index (χ0) is 7.98. The molecular formula is C7H16O2S. The Bertz CT molecular complexity index is 97.8. The van der Waals surface area contributed by atoms with E-state index in [9.17, 15) is 4.21 Å². The molecule has 0 aromatic heterocycles. The molecule has 0 aliphatic rings. The van der Waals surface area contributed by atoms with Gasteiger partial charge in [0.2, 0.25) is 0 Å². The fourth-order valence-corrected chi connectivity index (χ4v) is 1.86. The summed E-state index contributed by atoms with van der Waals surface area (Å²) in [5.41, 5.74) is 0. The predicted octanol–water partition coefficient (Wildman–Crippen LogP) is 2.18. The van der Waals surface area contributed by atoms with E-state index in [1.165, 1.54) is 0 Å². The summed E-state index contributed by atoms with van der Waals surface area (Å²) in [6, 6.07) is 0. The quantitative estimate of drug-likeness (QED) is 0.632. The lowest BCUT2D eigenvalue weighted by atomic mass is 10.2. The van der Waals surface area contributed by atoms with Gasteiger partial charge >= 0.3 is 0 Å². The van der Waals surface area contributed by atoms with Gasteiger partial charge in [0.15, 0.2) is 11.1 Å². The fourth-order valence-electron chi connectivity index (χ4n) is 0.990. The van der Waals surface area contributed by atoms with Crippen molar-refractivity contribution in [2.24, 2.45) is 0 Å². The minimum Gasteiger partial charge on any atom is -0.306 e. The Kier molecular flexibility index (Phi) is 5.93. The first-order valence-electron chi connectivity index (χ1n) is 3.82. The highest BCUT2D eigenvalue weighted by atomic mass is 32.2. The first-order valence-corrected chi connectivity index (χ1v) is 4.99. The summed E-state index contributed by atoms with van der Waals surface area (Å²) >= 11 is -1.60. The SMILES string of the molecule is CCCC(CCC)S(=O)O. The minimum absolute atomic E-state index is 0.00926. The van der Waals surface area contributed by atoms with Gasteiger partial charge in [0.1, 0.15) is 0 Å². The molecular weight excluding hydrogens is 148 g/mol. The van der Waals surface area contributed by atoms with Crippen molar-refractivity contribution in [3.63, 3.8) is 0 Å². The Morgan fingerprint density at radius 3 is 1.90 bits per heavy atom. The van der Waals surface area contributed by atoms with Gasteiger partial charge in [0.05, 0.1) is 5.25 Å². The first kappa shape index (κ1) is 10.1. The van der Waals surface area contributed by atoms with Gasteiger partial charge < -0.3 is 4.55 Å².